The van der Waals surface area contributed by atoms with Crippen molar-refractivity contribution >= 4 is 29.6 Å². The van der Waals surface area contributed by atoms with E-state index in [0.29, 0.717) is 0 Å². The number of carbonyl (C=O) groups is 1. The number of piperidine rings is 1. The summed E-state index contributed by atoms with van der Waals surface area (Å²) in [7, 11) is -0.902. The lowest BCUT2D eigenvalue weighted by atomic mass is 9.53. The first kappa shape index (κ1) is 17.1. The van der Waals surface area contributed by atoms with Crippen molar-refractivity contribution in [2.45, 2.75) is 51.2 Å². The zero-order valence-corrected chi connectivity index (χ0v) is 15.8. The van der Waals surface area contributed by atoms with Crippen LogP contribution < -0.4 is 10.8 Å². The van der Waals surface area contributed by atoms with E-state index in [1.165, 1.54) is 0 Å². The number of likely N-dealkylation sites (tertiary alicyclic amines) is 1. The van der Waals surface area contributed by atoms with Gasteiger partial charge >= 0.3 is 13.1 Å². The molecule has 142 valence electrons. The lowest BCUT2D eigenvalue weighted by Gasteiger charge is -2.58. The van der Waals surface area contributed by atoms with Gasteiger partial charge in [-0.2, -0.15) is 0 Å². The second kappa shape index (κ2) is 5.72. The van der Waals surface area contributed by atoms with E-state index in [0.717, 1.165) is 60.8 Å². The Hall–Kier alpha value is -2.06. The van der Waals surface area contributed by atoms with Crippen LogP contribution in [0, 0.1) is 5.41 Å². The Bertz CT molecular complexity index is 895. The van der Waals surface area contributed by atoms with Gasteiger partial charge in [-0.25, -0.2) is 9.78 Å². The minimum Gasteiger partial charge on any atom is -0.423 e. The number of H-pyrrole nitrogens is 1. The molecule has 2 aliphatic heterocycles. The van der Waals surface area contributed by atoms with E-state index in [1.54, 1.807) is 6.20 Å². The van der Waals surface area contributed by atoms with Crippen molar-refractivity contribution in [2.75, 3.05) is 13.1 Å². The minimum absolute atomic E-state index is 0.0341. The van der Waals surface area contributed by atoms with E-state index in [4.69, 9.17) is 4.65 Å². The highest BCUT2D eigenvalue weighted by atomic mass is 16.5. The summed E-state index contributed by atoms with van der Waals surface area (Å²) in [6.07, 6.45) is 7.38. The molecule has 0 aromatic carbocycles. The Morgan fingerprint density at radius 1 is 1.41 bits per heavy atom. The van der Waals surface area contributed by atoms with E-state index in [1.807, 2.05) is 31.0 Å². The predicted octanol–water partition coefficient (Wildman–Crippen LogP) is 1.47. The second-order valence-corrected chi connectivity index (χ2v) is 8.74. The Balaban J connectivity index is 1.35. The number of urea groups is 1. The van der Waals surface area contributed by atoms with Crippen LogP contribution in [0.15, 0.2) is 18.5 Å². The minimum atomic E-state index is -0.902. The van der Waals surface area contributed by atoms with Crippen molar-refractivity contribution < 1.29 is 14.5 Å². The molecule has 2 spiro atoms. The SMILES string of the molecule is CC(C)NC(=O)N1CCC2(CC1)CC1(C2)OB(O)c2cnc3[nH]ccc3c21. The smallest absolute Gasteiger partial charge is 0.423 e. The molecule has 3 N–H and O–H groups in total. The van der Waals surface area contributed by atoms with Crippen LogP contribution in [-0.2, 0) is 10.3 Å². The molecule has 2 fully saturated rings. The molecule has 2 amide bonds. The van der Waals surface area contributed by atoms with Crippen LogP contribution in [0.5, 0.6) is 0 Å². The summed E-state index contributed by atoms with van der Waals surface area (Å²) in [5.41, 5.74) is 2.52. The van der Waals surface area contributed by atoms with Gasteiger partial charge in [-0.15, -0.1) is 0 Å². The number of fused-ring (bicyclic) bond motifs is 4. The maximum Gasteiger partial charge on any atom is 0.493 e. The third-order valence-corrected chi connectivity index (χ3v) is 6.52. The Morgan fingerprint density at radius 2 is 2.15 bits per heavy atom. The number of nitrogens with zero attached hydrogens (tertiary/aromatic N) is 2. The maximum absolute atomic E-state index is 12.2. The van der Waals surface area contributed by atoms with E-state index >= 15 is 0 Å². The zero-order valence-electron chi connectivity index (χ0n) is 15.8. The van der Waals surface area contributed by atoms with Gasteiger partial charge in [0.1, 0.15) is 5.65 Å². The molecule has 1 saturated carbocycles. The standard InChI is InChI=1S/C19H25BN4O3/c1-12(2)23-17(25)24-7-4-18(5-8-24)10-19(11-18)15-13-3-6-21-16(13)22-9-14(15)20(26)27-19/h3,6,9,12,26H,4-5,7-8,10-11H2,1-2H3,(H,21,22)(H,23,25). The maximum atomic E-state index is 12.2. The number of aromatic nitrogens is 2. The van der Waals surface area contributed by atoms with Crippen LogP contribution in [0.25, 0.3) is 11.0 Å². The molecule has 8 heteroatoms. The summed E-state index contributed by atoms with van der Waals surface area (Å²) in [4.78, 5) is 21.7. The lowest BCUT2D eigenvalue weighted by Crippen LogP contribution is -2.57. The number of hydrogen-bond acceptors (Lipinski definition) is 4. The van der Waals surface area contributed by atoms with Crippen LogP contribution in [0.2, 0.25) is 0 Å². The average molecular weight is 368 g/mol. The number of aromatic amines is 1. The van der Waals surface area contributed by atoms with Crippen molar-refractivity contribution in [3.63, 3.8) is 0 Å². The lowest BCUT2D eigenvalue weighted by molar-refractivity contribution is -0.135. The predicted molar refractivity (Wildman–Crippen MR) is 103 cm³/mol. The fourth-order valence-corrected chi connectivity index (χ4v) is 5.35. The van der Waals surface area contributed by atoms with E-state index in [-0.39, 0.29) is 17.5 Å². The molecule has 5 rings (SSSR count). The first-order chi connectivity index (χ1) is 12.9. The van der Waals surface area contributed by atoms with E-state index < -0.39 is 12.7 Å². The highest BCUT2D eigenvalue weighted by Gasteiger charge is 2.62. The molecule has 0 bridgehead atoms. The molecule has 0 unspecified atom stereocenters. The Morgan fingerprint density at radius 3 is 2.85 bits per heavy atom. The largest absolute Gasteiger partial charge is 0.493 e. The highest BCUT2D eigenvalue weighted by Crippen LogP contribution is 2.62. The summed E-state index contributed by atoms with van der Waals surface area (Å²) >= 11 is 0. The van der Waals surface area contributed by atoms with Gasteiger partial charge in [0.25, 0.3) is 0 Å². The first-order valence-corrected chi connectivity index (χ1v) is 9.79. The van der Waals surface area contributed by atoms with Crippen molar-refractivity contribution in [3.05, 3.63) is 24.0 Å². The Labute approximate surface area is 158 Å². The molecule has 3 aliphatic rings. The van der Waals surface area contributed by atoms with Crippen molar-refractivity contribution in [1.29, 1.82) is 0 Å². The number of hydrogen-bond donors (Lipinski definition) is 3. The van der Waals surface area contributed by atoms with E-state index in [2.05, 4.69) is 15.3 Å². The van der Waals surface area contributed by atoms with Crippen LogP contribution in [-0.4, -0.2) is 52.2 Å². The fraction of sp³-hybridized carbons (Fsp3) is 0.579. The second-order valence-electron chi connectivity index (χ2n) is 8.74. The summed E-state index contributed by atoms with van der Waals surface area (Å²) in [5, 5.41) is 14.5. The number of amides is 2. The van der Waals surface area contributed by atoms with Crippen LogP contribution in [0.1, 0.15) is 45.1 Å². The molecular weight excluding hydrogens is 343 g/mol. The normalized spacial score (nSPS) is 22.5. The third-order valence-electron chi connectivity index (χ3n) is 6.52. The van der Waals surface area contributed by atoms with Gasteiger partial charge in [0, 0.05) is 42.4 Å². The molecule has 1 saturated heterocycles. The van der Waals surface area contributed by atoms with Crippen LogP contribution in [0.3, 0.4) is 0 Å². The molecule has 1 aliphatic carbocycles. The summed E-state index contributed by atoms with van der Waals surface area (Å²) in [6.45, 7) is 5.52. The fourth-order valence-electron chi connectivity index (χ4n) is 5.35. The van der Waals surface area contributed by atoms with Crippen molar-refractivity contribution in [2.24, 2.45) is 5.41 Å². The van der Waals surface area contributed by atoms with E-state index in [9.17, 15) is 9.82 Å². The topological polar surface area (TPSA) is 90.5 Å². The number of nitrogens with one attached hydrogen (secondary N) is 2. The van der Waals surface area contributed by atoms with Gasteiger partial charge in [0.15, 0.2) is 0 Å². The molecule has 27 heavy (non-hydrogen) atoms. The van der Waals surface area contributed by atoms with Gasteiger partial charge in [-0.3, -0.25) is 0 Å². The van der Waals surface area contributed by atoms with Gasteiger partial charge in [0.2, 0.25) is 0 Å². The van der Waals surface area contributed by atoms with Gasteiger partial charge in [0.05, 0.1) is 5.60 Å². The van der Waals surface area contributed by atoms with Gasteiger partial charge in [-0.05, 0) is 56.6 Å². The molecule has 0 radical (unpaired) electrons. The molecule has 7 nitrogen and oxygen atoms in total. The molecule has 2 aromatic rings. The average Bonchev–Trinajstić information content (AvgIpc) is 3.17. The molecular formula is C19H25BN4O3. The summed E-state index contributed by atoms with van der Waals surface area (Å²) in [5.74, 6) is 0. The monoisotopic (exact) mass is 368 g/mol. The quantitative estimate of drug-likeness (QED) is 0.665. The Kier molecular flexibility index (Phi) is 3.62. The number of carbonyl (C=O) groups excluding carboxylic acids is 1. The highest BCUT2D eigenvalue weighted by molar-refractivity contribution is 6.62. The number of rotatable bonds is 1. The van der Waals surface area contributed by atoms with Gasteiger partial charge < -0.3 is 24.9 Å². The van der Waals surface area contributed by atoms with Crippen molar-refractivity contribution in [3.8, 4) is 0 Å². The first-order valence-electron chi connectivity index (χ1n) is 9.79. The molecule has 0 atom stereocenters. The van der Waals surface area contributed by atoms with Crippen LogP contribution in [0.4, 0.5) is 4.79 Å². The number of pyridine rings is 1. The molecule has 4 heterocycles. The summed E-state index contributed by atoms with van der Waals surface area (Å²) in [6, 6.07) is 2.21. The summed E-state index contributed by atoms with van der Waals surface area (Å²) < 4.78 is 6.10. The van der Waals surface area contributed by atoms with Gasteiger partial charge in [-0.1, -0.05) is 0 Å². The molecule has 2 aromatic heterocycles. The van der Waals surface area contributed by atoms with Crippen LogP contribution >= 0.6 is 0 Å². The zero-order chi connectivity index (χ0) is 18.8. The van der Waals surface area contributed by atoms with Crippen molar-refractivity contribution in [1.82, 2.24) is 20.2 Å². The third kappa shape index (κ3) is 2.50.